The predicted octanol–water partition coefficient (Wildman–Crippen LogP) is 5.00. The third-order valence-corrected chi connectivity index (χ3v) is 4.49. The molecule has 0 saturated carbocycles. The van der Waals surface area contributed by atoms with Crippen LogP contribution >= 0.6 is 11.6 Å². The van der Waals surface area contributed by atoms with Crippen LogP contribution in [0.5, 0.6) is 5.75 Å². The van der Waals surface area contributed by atoms with E-state index in [2.05, 4.69) is 0 Å². The van der Waals surface area contributed by atoms with Gasteiger partial charge >= 0.3 is 5.97 Å². The molecule has 0 aliphatic rings. The quantitative estimate of drug-likeness (QED) is 0.363. The molecule has 0 unspecified atom stereocenters. The summed E-state index contributed by atoms with van der Waals surface area (Å²) in [5.41, 5.74) is 0.454. The minimum Gasteiger partial charge on any atom is -0.423 e. The maximum atomic E-state index is 13.1. The molecule has 0 bridgehead atoms. The maximum Gasteiger partial charge on any atom is 0.345 e. The van der Waals surface area contributed by atoms with Crippen molar-refractivity contribution in [2.75, 3.05) is 0 Å². The third-order valence-electron chi connectivity index (χ3n) is 4.26. The van der Waals surface area contributed by atoms with E-state index < -0.39 is 11.8 Å². The lowest BCUT2D eigenvalue weighted by molar-refractivity contribution is 0.0736. The monoisotopic (exact) mass is 393 g/mol. The minimum absolute atomic E-state index is 0.205. The molecule has 3 aromatic carbocycles. The van der Waals surface area contributed by atoms with Crippen molar-refractivity contribution in [2.24, 2.45) is 0 Å². The van der Waals surface area contributed by atoms with Gasteiger partial charge < -0.3 is 4.74 Å². The standard InChI is InChI=1S/C22H13ClFNO3/c23-14-4-3-5-16(12-14)25-13-20(18-6-1-2-7-19(18)21(25)26)22(27)28-17-10-8-15(24)9-11-17/h1-13H. The molecule has 28 heavy (non-hydrogen) atoms. The first-order valence-corrected chi connectivity index (χ1v) is 8.79. The Kier molecular flexibility index (Phi) is 4.67. The van der Waals surface area contributed by atoms with Crippen molar-refractivity contribution in [3.63, 3.8) is 0 Å². The highest BCUT2D eigenvalue weighted by atomic mass is 35.5. The zero-order chi connectivity index (χ0) is 19.7. The Morgan fingerprint density at radius 3 is 2.36 bits per heavy atom. The number of benzene rings is 3. The largest absolute Gasteiger partial charge is 0.423 e. The SMILES string of the molecule is O=C(Oc1ccc(F)cc1)c1cn(-c2cccc(Cl)c2)c(=O)c2ccccc12. The molecular weight excluding hydrogens is 381 g/mol. The summed E-state index contributed by atoms with van der Waals surface area (Å²) in [6, 6.07) is 18.7. The number of pyridine rings is 1. The summed E-state index contributed by atoms with van der Waals surface area (Å²) in [7, 11) is 0. The number of carbonyl (C=O) groups is 1. The van der Waals surface area contributed by atoms with Gasteiger partial charge in [-0.05, 0) is 48.5 Å². The lowest BCUT2D eigenvalue weighted by Gasteiger charge is -2.12. The molecule has 0 radical (unpaired) electrons. The second kappa shape index (κ2) is 7.29. The lowest BCUT2D eigenvalue weighted by Crippen LogP contribution is -2.22. The highest BCUT2D eigenvalue weighted by Gasteiger charge is 2.17. The molecule has 138 valence electrons. The van der Waals surface area contributed by atoms with Gasteiger partial charge in [0.15, 0.2) is 0 Å². The van der Waals surface area contributed by atoms with E-state index in [4.69, 9.17) is 16.3 Å². The summed E-state index contributed by atoms with van der Waals surface area (Å²) in [6.45, 7) is 0. The van der Waals surface area contributed by atoms with Gasteiger partial charge in [0, 0.05) is 22.0 Å². The average molecular weight is 394 g/mol. The fraction of sp³-hybridized carbons (Fsp3) is 0. The van der Waals surface area contributed by atoms with E-state index in [0.717, 1.165) is 0 Å². The van der Waals surface area contributed by atoms with Gasteiger partial charge in [-0.25, -0.2) is 9.18 Å². The molecular formula is C22H13ClFNO3. The molecule has 0 atom stereocenters. The molecule has 0 spiro atoms. The van der Waals surface area contributed by atoms with Crippen molar-refractivity contribution in [3.8, 4) is 11.4 Å². The molecule has 0 saturated heterocycles. The summed E-state index contributed by atoms with van der Waals surface area (Å²) in [5.74, 6) is -0.880. The number of rotatable bonds is 3. The van der Waals surface area contributed by atoms with Crippen molar-refractivity contribution >= 4 is 28.3 Å². The number of halogens is 2. The first-order valence-electron chi connectivity index (χ1n) is 8.41. The number of ether oxygens (including phenoxy) is 1. The molecule has 0 fully saturated rings. The molecule has 4 aromatic rings. The Morgan fingerprint density at radius 2 is 1.64 bits per heavy atom. The number of nitrogens with zero attached hydrogens (tertiary/aromatic N) is 1. The molecule has 0 N–H and O–H groups in total. The fourth-order valence-corrected chi connectivity index (χ4v) is 3.12. The molecule has 1 aromatic heterocycles. The molecule has 0 amide bonds. The highest BCUT2D eigenvalue weighted by molar-refractivity contribution is 6.30. The van der Waals surface area contributed by atoms with Crippen molar-refractivity contribution in [2.45, 2.75) is 0 Å². The van der Waals surface area contributed by atoms with E-state index in [1.807, 2.05) is 0 Å². The summed E-state index contributed by atoms with van der Waals surface area (Å²) in [6.07, 6.45) is 1.43. The van der Waals surface area contributed by atoms with Gasteiger partial charge in [-0.15, -0.1) is 0 Å². The van der Waals surface area contributed by atoms with E-state index in [1.54, 1.807) is 48.5 Å². The Morgan fingerprint density at radius 1 is 0.929 bits per heavy atom. The topological polar surface area (TPSA) is 48.3 Å². The number of hydrogen-bond acceptors (Lipinski definition) is 3. The van der Waals surface area contributed by atoms with E-state index in [0.29, 0.717) is 21.5 Å². The number of hydrogen-bond donors (Lipinski definition) is 0. The van der Waals surface area contributed by atoms with E-state index in [1.165, 1.54) is 35.0 Å². The van der Waals surface area contributed by atoms with Crippen LogP contribution in [-0.4, -0.2) is 10.5 Å². The second-order valence-electron chi connectivity index (χ2n) is 6.09. The third kappa shape index (κ3) is 3.40. The molecule has 1 heterocycles. The van der Waals surface area contributed by atoms with Crippen LogP contribution in [0.3, 0.4) is 0 Å². The van der Waals surface area contributed by atoms with Gasteiger partial charge in [0.2, 0.25) is 0 Å². The first kappa shape index (κ1) is 17.9. The summed E-state index contributed by atoms with van der Waals surface area (Å²) in [5, 5.41) is 1.31. The Hall–Kier alpha value is -3.44. The van der Waals surface area contributed by atoms with Crippen molar-refractivity contribution < 1.29 is 13.9 Å². The van der Waals surface area contributed by atoms with E-state index in [9.17, 15) is 14.0 Å². The predicted molar refractivity (Wildman–Crippen MR) is 106 cm³/mol. The zero-order valence-corrected chi connectivity index (χ0v) is 15.2. The first-order chi connectivity index (χ1) is 13.5. The van der Waals surface area contributed by atoms with Crippen LogP contribution in [0, 0.1) is 5.82 Å². The van der Waals surface area contributed by atoms with Crippen LogP contribution in [0.15, 0.2) is 83.8 Å². The molecule has 4 rings (SSSR count). The average Bonchev–Trinajstić information content (AvgIpc) is 2.70. The minimum atomic E-state index is -0.654. The molecule has 0 aliphatic heterocycles. The van der Waals surface area contributed by atoms with E-state index in [-0.39, 0.29) is 16.9 Å². The van der Waals surface area contributed by atoms with Gasteiger partial charge in [0.05, 0.1) is 11.3 Å². The zero-order valence-electron chi connectivity index (χ0n) is 14.4. The molecule has 6 heteroatoms. The summed E-state index contributed by atoms with van der Waals surface area (Å²) in [4.78, 5) is 25.8. The Bertz CT molecular complexity index is 1250. The van der Waals surface area contributed by atoms with Gasteiger partial charge in [0.25, 0.3) is 5.56 Å². The van der Waals surface area contributed by atoms with Crippen LogP contribution in [0.25, 0.3) is 16.5 Å². The smallest absolute Gasteiger partial charge is 0.345 e. The van der Waals surface area contributed by atoms with Crippen LogP contribution in [0.1, 0.15) is 10.4 Å². The summed E-state index contributed by atoms with van der Waals surface area (Å²) < 4.78 is 19.8. The number of carbonyl (C=O) groups excluding carboxylic acids is 1. The maximum absolute atomic E-state index is 13.1. The van der Waals surface area contributed by atoms with Crippen LogP contribution in [-0.2, 0) is 0 Å². The van der Waals surface area contributed by atoms with Crippen LogP contribution in [0.4, 0.5) is 4.39 Å². The van der Waals surface area contributed by atoms with E-state index >= 15 is 0 Å². The van der Waals surface area contributed by atoms with Gasteiger partial charge in [-0.1, -0.05) is 35.9 Å². The number of aromatic nitrogens is 1. The second-order valence-corrected chi connectivity index (χ2v) is 6.52. The Balaban J connectivity index is 1.87. The fourth-order valence-electron chi connectivity index (χ4n) is 2.94. The Labute approximate surface area is 164 Å². The summed E-state index contributed by atoms with van der Waals surface area (Å²) >= 11 is 6.05. The lowest BCUT2D eigenvalue weighted by atomic mass is 10.1. The van der Waals surface area contributed by atoms with Gasteiger partial charge in [-0.3, -0.25) is 9.36 Å². The van der Waals surface area contributed by atoms with Gasteiger partial charge in [0.1, 0.15) is 11.6 Å². The number of esters is 1. The van der Waals surface area contributed by atoms with Crippen LogP contribution in [0.2, 0.25) is 5.02 Å². The normalized spacial score (nSPS) is 10.8. The number of fused-ring (bicyclic) bond motifs is 1. The van der Waals surface area contributed by atoms with Crippen molar-refractivity contribution in [3.05, 3.63) is 106 Å². The van der Waals surface area contributed by atoms with Gasteiger partial charge in [-0.2, -0.15) is 0 Å². The van der Waals surface area contributed by atoms with Crippen molar-refractivity contribution in [1.29, 1.82) is 0 Å². The highest BCUT2D eigenvalue weighted by Crippen LogP contribution is 2.21. The van der Waals surface area contributed by atoms with Crippen molar-refractivity contribution in [1.82, 2.24) is 4.57 Å². The molecule has 0 aliphatic carbocycles. The van der Waals surface area contributed by atoms with Crippen LogP contribution < -0.4 is 10.3 Å². The molecule has 4 nitrogen and oxygen atoms in total.